The maximum Gasteiger partial charge on any atom is 0.367 e. The van der Waals surface area contributed by atoms with Crippen LogP contribution in [0, 0.1) is 0 Å². The Hall–Kier alpha value is -1.36. The summed E-state index contributed by atoms with van der Waals surface area (Å²) in [6.45, 7) is 2.11. The molecule has 2 heterocycles. The molecule has 1 aliphatic rings. The van der Waals surface area contributed by atoms with Crippen LogP contribution in [0.1, 0.15) is 42.3 Å². The molecule has 96 valence electrons. The molecule has 0 bridgehead atoms. The zero-order valence-electron chi connectivity index (χ0n) is 10.5. The fourth-order valence-electron chi connectivity index (χ4n) is 2.79. The van der Waals surface area contributed by atoms with Crippen molar-refractivity contribution in [3.05, 3.63) is 26.6 Å². The number of aromatic nitrogens is 2. The number of hydrogen-bond acceptors (Lipinski definition) is 4. The second-order valence-electron chi connectivity index (χ2n) is 4.85. The van der Waals surface area contributed by atoms with E-state index in [9.17, 15) is 4.79 Å². The van der Waals surface area contributed by atoms with Crippen molar-refractivity contribution in [2.24, 2.45) is 0 Å². The molecule has 0 radical (unpaired) electrons. The Kier molecular flexibility index (Phi) is 2.86. The molecule has 0 unspecified atom stereocenters. The predicted molar refractivity (Wildman–Crippen MR) is 74.7 cm³/mol. The van der Waals surface area contributed by atoms with Crippen molar-refractivity contribution in [3.63, 3.8) is 0 Å². The third-order valence-electron chi connectivity index (χ3n) is 3.62. The topological polar surface area (TPSA) is 60.9 Å². The number of nitrogens with zero attached hydrogens (tertiary/aromatic N) is 2. The minimum atomic E-state index is -0.329. The number of rotatable bonds is 2. The van der Waals surface area contributed by atoms with E-state index in [0.717, 1.165) is 36.2 Å². The summed E-state index contributed by atoms with van der Waals surface area (Å²) in [4.78, 5) is 18.2. The van der Waals surface area contributed by atoms with Crippen molar-refractivity contribution < 1.29 is 0 Å². The normalized spacial score (nSPS) is 14.9. The van der Waals surface area contributed by atoms with Crippen LogP contribution in [-0.2, 0) is 19.3 Å². The van der Waals surface area contributed by atoms with Gasteiger partial charge in [0.15, 0.2) is 0 Å². The molecule has 0 saturated carbocycles. The maximum absolute atomic E-state index is 11.8. The average Bonchev–Trinajstić information content (AvgIpc) is 2.72. The lowest BCUT2D eigenvalue weighted by Crippen LogP contribution is -2.32. The van der Waals surface area contributed by atoms with Crippen LogP contribution in [0.3, 0.4) is 0 Å². The van der Waals surface area contributed by atoms with Crippen LogP contribution in [-0.4, -0.2) is 9.66 Å². The Morgan fingerprint density at radius 3 is 2.94 bits per heavy atom. The summed E-state index contributed by atoms with van der Waals surface area (Å²) < 4.78 is 1.24. The van der Waals surface area contributed by atoms with Crippen LogP contribution >= 0.6 is 11.3 Å². The number of hydrogen-bond donors (Lipinski definition) is 1. The van der Waals surface area contributed by atoms with Gasteiger partial charge in [0, 0.05) is 10.3 Å². The van der Waals surface area contributed by atoms with Gasteiger partial charge in [-0.15, -0.1) is 11.3 Å². The predicted octanol–water partition coefficient (Wildman–Crippen LogP) is 2.00. The van der Waals surface area contributed by atoms with Gasteiger partial charge >= 0.3 is 5.69 Å². The molecule has 1 aliphatic carbocycles. The molecule has 4 nitrogen and oxygen atoms in total. The van der Waals surface area contributed by atoms with Crippen LogP contribution in [0.25, 0.3) is 10.2 Å². The van der Waals surface area contributed by atoms with E-state index in [4.69, 9.17) is 5.84 Å². The first-order valence-corrected chi connectivity index (χ1v) is 7.35. The molecular weight excluding hydrogens is 246 g/mol. The molecule has 0 atom stereocenters. The van der Waals surface area contributed by atoms with Gasteiger partial charge < -0.3 is 5.84 Å². The fraction of sp³-hybridized carbons (Fsp3) is 0.538. The van der Waals surface area contributed by atoms with E-state index >= 15 is 0 Å². The highest BCUT2D eigenvalue weighted by Crippen LogP contribution is 2.36. The second kappa shape index (κ2) is 4.39. The van der Waals surface area contributed by atoms with Crippen molar-refractivity contribution in [2.75, 3.05) is 5.84 Å². The van der Waals surface area contributed by atoms with E-state index in [1.165, 1.54) is 33.3 Å². The standard InChI is InChI=1S/C13H17N3OS/c1-2-5-9-11-8-6-3-4-7-10(8)18-12(11)15-13(17)16(9)14/h2-7,14H2,1H3. The Labute approximate surface area is 109 Å². The number of fused-ring (bicyclic) bond motifs is 3. The summed E-state index contributed by atoms with van der Waals surface area (Å²) in [7, 11) is 0. The van der Waals surface area contributed by atoms with Crippen LogP contribution in [0.2, 0.25) is 0 Å². The van der Waals surface area contributed by atoms with Crippen LogP contribution in [0.15, 0.2) is 4.79 Å². The highest BCUT2D eigenvalue weighted by atomic mass is 32.1. The summed E-state index contributed by atoms with van der Waals surface area (Å²) in [6, 6.07) is 0. The maximum atomic E-state index is 11.8. The Morgan fingerprint density at radius 1 is 1.39 bits per heavy atom. The molecule has 0 aromatic carbocycles. The van der Waals surface area contributed by atoms with Gasteiger partial charge in [-0.25, -0.2) is 9.47 Å². The van der Waals surface area contributed by atoms with Crippen molar-refractivity contribution in [3.8, 4) is 0 Å². The van der Waals surface area contributed by atoms with Crippen molar-refractivity contribution in [1.29, 1.82) is 0 Å². The van der Waals surface area contributed by atoms with Crippen molar-refractivity contribution >= 4 is 21.6 Å². The van der Waals surface area contributed by atoms with E-state index < -0.39 is 0 Å². The smallest absolute Gasteiger partial charge is 0.335 e. The van der Waals surface area contributed by atoms with Gasteiger partial charge in [-0.05, 0) is 37.7 Å². The van der Waals surface area contributed by atoms with E-state index in [-0.39, 0.29) is 5.69 Å². The van der Waals surface area contributed by atoms with Gasteiger partial charge in [0.25, 0.3) is 0 Å². The number of thiophene rings is 1. The highest BCUT2D eigenvalue weighted by molar-refractivity contribution is 7.18. The summed E-state index contributed by atoms with van der Waals surface area (Å²) in [6.07, 6.45) is 6.53. The largest absolute Gasteiger partial charge is 0.367 e. The third-order valence-corrected chi connectivity index (χ3v) is 4.81. The molecule has 0 amide bonds. The lowest BCUT2D eigenvalue weighted by molar-refractivity contribution is 0.697. The zero-order valence-corrected chi connectivity index (χ0v) is 11.3. The summed E-state index contributed by atoms with van der Waals surface area (Å²) in [5.41, 5.74) is 2.04. The van der Waals surface area contributed by atoms with E-state index in [0.29, 0.717) is 0 Å². The number of nitrogen functional groups attached to an aromatic ring is 1. The molecule has 5 heteroatoms. The minimum absolute atomic E-state index is 0.329. The number of aryl methyl sites for hydroxylation is 3. The van der Waals surface area contributed by atoms with Crippen LogP contribution in [0.5, 0.6) is 0 Å². The molecule has 0 fully saturated rings. The van der Waals surface area contributed by atoms with Gasteiger partial charge in [-0.3, -0.25) is 0 Å². The quantitative estimate of drug-likeness (QED) is 0.843. The lowest BCUT2D eigenvalue weighted by Gasteiger charge is -2.13. The van der Waals surface area contributed by atoms with E-state index in [1.54, 1.807) is 11.3 Å². The Morgan fingerprint density at radius 2 is 2.17 bits per heavy atom. The van der Waals surface area contributed by atoms with Crippen LogP contribution < -0.4 is 11.5 Å². The molecule has 0 aliphatic heterocycles. The van der Waals surface area contributed by atoms with E-state index in [2.05, 4.69) is 11.9 Å². The summed E-state index contributed by atoms with van der Waals surface area (Å²) in [5, 5.41) is 1.17. The molecule has 0 spiro atoms. The van der Waals surface area contributed by atoms with Crippen LogP contribution in [0.4, 0.5) is 0 Å². The van der Waals surface area contributed by atoms with Gasteiger partial charge in [0.2, 0.25) is 0 Å². The van der Waals surface area contributed by atoms with E-state index in [1.807, 2.05) is 0 Å². The van der Waals surface area contributed by atoms with Gasteiger partial charge in [-0.1, -0.05) is 13.3 Å². The average molecular weight is 263 g/mol. The molecule has 0 saturated heterocycles. The molecule has 2 N–H and O–H groups in total. The zero-order chi connectivity index (χ0) is 12.7. The third kappa shape index (κ3) is 1.65. The first kappa shape index (κ1) is 11.7. The first-order chi connectivity index (χ1) is 8.72. The minimum Gasteiger partial charge on any atom is -0.335 e. The summed E-state index contributed by atoms with van der Waals surface area (Å²) in [5.74, 6) is 5.87. The summed E-state index contributed by atoms with van der Waals surface area (Å²) >= 11 is 1.68. The lowest BCUT2D eigenvalue weighted by atomic mass is 9.95. The molecule has 3 rings (SSSR count). The number of nitrogens with two attached hydrogens (primary N) is 1. The van der Waals surface area contributed by atoms with Gasteiger partial charge in [0.1, 0.15) is 4.83 Å². The van der Waals surface area contributed by atoms with Gasteiger partial charge in [-0.2, -0.15) is 4.98 Å². The fourth-order valence-corrected chi connectivity index (χ4v) is 4.06. The van der Waals surface area contributed by atoms with Crippen molar-refractivity contribution in [1.82, 2.24) is 9.66 Å². The Balaban J connectivity index is 2.36. The second-order valence-corrected chi connectivity index (χ2v) is 5.94. The monoisotopic (exact) mass is 263 g/mol. The Bertz CT molecular complexity index is 656. The van der Waals surface area contributed by atoms with Gasteiger partial charge in [0.05, 0.1) is 5.69 Å². The molecule has 2 aromatic heterocycles. The molecular formula is C13H17N3OS. The van der Waals surface area contributed by atoms with Crippen molar-refractivity contribution in [2.45, 2.75) is 45.4 Å². The SMILES string of the molecule is CCCc1c2c3c(sc2nc(=O)n1N)CCCC3. The first-order valence-electron chi connectivity index (χ1n) is 6.53. The highest BCUT2D eigenvalue weighted by Gasteiger charge is 2.21. The molecule has 2 aromatic rings. The molecule has 18 heavy (non-hydrogen) atoms.